The highest BCUT2D eigenvalue weighted by Crippen LogP contribution is 2.22. The van der Waals surface area contributed by atoms with Gasteiger partial charge in [-0.1, -0.05) is 12.1 Å². The maximum absolute atomic E-state index is 13.4. The third-order valence-corrected chi connectivity index (χ3v) is 3.12. The van der Waals surface area contributed by atoms with Crippen LogP contribution in [0.5, 0.6) is 0 Å². The standard InChI is InChI=1S/C12H13FN2S/c1-8(12-7-16-9(2)15-12)14-11-6-4-3-5-10(11)13/h3-8,14H,1-2H3. The highest BCUT2D eigenvalue weighted by atomic mass is 32.1. The fourth-order valence-corrected chi connectivity index (χ4v) is 2.17. The van der Waals surface area contributed by atoms with Crippen LogP contribution in [0.4, 0.5) is 10.1 Å². The van der Waals surface area contributed by atoms with Crippen molar-refractivity contribution in [3.63, 3.8) is 0 Å². The number of halogens is 1. The molecule has 84 valence electrons. The average Bonchev–Trinajstić information content (AvgIpc) is 2.68. The van der Waals surface area contributed by atoms with Gasteiger partial charge in [-0.25, -0.2) is 9.37 Å². The third-order valence-electron chi connectivity index (χ3n) is 2.33. The smallest absolute Gasteiger partial charge is 0.146 e. The number of anilines is 1. The van der Waals surface area contributed by atoms with Crippen LogP contribution in [0.1, 0.15) is 23.7 Å². The molecule has 0 aliphatic carbocycles. The van der Waals surface area contributed by atoms with Gasteiger partial charge in [-0.05, 0) is 26.0 Å². The largest absolute Gasteiger partial charge is 0.375 e. The summed E-state index contributed by atoms with van der Waals surface area (Å²) in [5, 5.41) is 6.13. The summed E-state index contributed by atoms with van der Waals surface area (Å²) >= 11 is 1.60. The minimum absolute atomic E-state index is 0.0156. The fourth-order valence-electron chi connectivity index (χ4n) is 1.46. The molecule has 1 aromatic heterocycles. The molecule has 1 unspecified atom stereocenters. The molecule has 0 fully saturated rings. The van der Waals surface area contributed by atoms with E-state index in [0.29, 0.717) is 5.69 Å². The lowest BCUT2D eigenvalue weighted by molar-refractivity contribution is 0.627. The minimum atomic E-state index is -0.235. The van der Waals surface area contributed by atoms with Gasteiger partial charge < -0.3 is 5.32 Å². The van der Waals surface area contributed by atoms with Crippen molar-refractivity contribution in [2.45, 2.75) is 19.9 Å². The molecule has 0 aliphatic rings. The van der Waals surface area contributed by atoms with E-state index < -0.39 is 0 Å². The van der Waals surface area contributed by atoms with Gasteiger partial charge in [-0.2, -0.15) is 0 Å². The van der Waals surface area contributed by atoms with Crippen molar-refractivity contribution in [3.05, 3.63) is 46.2 Å². The van der Waals surface area contributed by atoms with Crippen molar-refractivity contribution in [2.24, 2.45) is 0 Å². The predicted molar refractivity (Wildman–Crippen MR) is 65.3 cm³/mol. The van der Waals surface area contributed by atoms with E-state index in [9.17, 15) is 4.39 Å². The lowest BCUT2D eigenvalue weighted by Crippen LogP contribution is -2.08. The van der Waals surface area contributed by atoms with Gasteiger partial charge in [0.15, 0.2) is 0 Å². The van der Waals surface area contributed by atoms with Gasteiger partial charge in [-0.15, -0.1) is 11.3 Å². The zero-order valence-electron chi connectivity index (χ0n) is 9.20. The number of nitrogens with one attached hydrogen (secondary N) is 1. The summed E-state index contributed by atoms with van der Waals surface area (Å²) in [6.07, 6.45) is 0. The summed E-state index contributed by atoms with van der Waals surface area (Å²) < 4.78 is 13.4. The normalized spacial score (nSPS) is 12.4. The molecule has 0 saturated carbocycles. The van der Waals surface area contributed by atoms with Gasteiger partial charge in [-0.3, -0.25) is 0 Å². The van der Waals surface area contributed by atoms with Crippen LogP contribution < -0.4 is 5.32 Å². The van der Waals surface area contributed by atoms with Crippen LogP contribution in [0.25, 0.3) is 0 Å². The van der Waals surface area contributed by atoms with Crippen LogP contribution in [0.2, 0.25) is 0 Å². The van der Waals surface area contributed by atoms with Crippen LogP contribution >= 0.6 is 11.3 Å². The first-order valence-electron chi connectivity index (χ1n) is 5.10. The number of hydrogen-bond donors (Lipinski definition) is 1. The highest BCUT2D eigenvalue weighted by molar-refractivity contribution is 7.09. The number of aryl methyl sites for hydroxylation is 1. The molecule has 2 aromatic rings. The maximum Gasteiger partial charge on any atom is 0.146 e. The van der Waals surface area contributed by atoms with Crippen LogP contribution in [-0.2, 0) is 0 Å². The molecule has 0 spiro atoms. The molecule has 16 heavy (non-hydrogen) atoms. The van der Waals surface area contributed by atoms with E-state index in [1.807, 2.05) is 25.3 Å². The molecule has 1 N–H and O–H groups in total. The number of para-hydroxylation sites is 1. The van der Waals surface area contributed by atoms with Crippen LogP contribution in [0, 0.1) is 12.7 Å². The van der Waals surface area contributed by atoms with Crippen molar-refractivity contribution < 1.29 is 4.39 Å². The summed E-state index contributed by atoms with van der Waals surface area (Å²) in [7, 11) is 0. The monoisotopic (exact) mass is 236 g/mol. The van der Waals surface area contributed by atoms with Crippen LogP contribution in [-0.4, -0.2) is 4.98 Å². The van der Waals surface area contributed by atoms with E-state index in [0.717, 1.165) is 10.7 Å². The Morgan fingerprint density at radius 1 is 1.38 bits per heavy atom. The van der Waals surface area contributed by atoms with Gasteiger partial charge in [0.1, 0.15) is 5.82 Å². The number of hydrogen-bond acceptors (Lipinski definition) is 3. The van der Waals surface area contributed by atoms with Gasteiger partial charge >= 0.3 is 0 Å². The Hall–Kier alpha value is -1.42. The quantitative estimate of drug-likeness (QED) is 0.877. The fraction of sp³-hybridized carbons (Fsp3) is 0.250. The van der Waals surface area contributed by atoms with E-state index >= 15 is 0 Å². The molecule has 1 heterocycles. The molecule has 4 heteroatoms. The number of rotatable bonds is 3. The Bertz CT molecular complexity index is 481. The summed E-state index contributed by atoms with van der Waals surface area (Å²) in [5.41, 5.74) is 1.46. The molecule has 0 radical (unpaired) electrons. The van der Waals surface area contributed by atoms with E-state index in [4.69, 9.17) is 0 Å². The number of benzene rings is 1. The van der Waals surface area contributed by atoms with Crippen molar-refractivity contribution in [2.75, 3.05) is 5.32 Å². The van der Waals surface area contributed by atoms with Crippen LogP contribution in [0.3, 0.4) is 0 Å². The SMILES string of the molecule is Cc1nc(C(C)Nc2ccccc2F)cs1. The first kappa shape index (κ1) is 11.1. The topological polar surface area (TPSA) is 24.9 Å². The van der Waals surface area contributed by atoms with Gasteiger partial charge in [0.2, 0.25) is 0 Å². The molecule has 1 atom stereocenters. The van der Waals surface area contributed by atoms with Gasteiger partial charge in [0, 0.05) is 5.38 Å². The van der Waals surface area contributed by atoms with Crippen molar-refractivity contribution in [1.82, 2.24) is 4.98 Å². The highest BCUT2D eigenvalue weighted by Gasteiger charge is 2.10. The lowest BCUT2D eigenvalue weighted by Gasteiger charge is -2.13. The Morgan fingerprint density at radius 2 is 2.12 bits per heavy atom. The molecule has 0 amide bonds. The molecule has 1 aromatic carbocycles. The Labute approximate surface area is 98.2 Å². The first-order chi connectivity index (χ1) is 7.66. The molecule has 0 aliphatic heterocycles. The summed E-state index contributed by atoms with van der Waals surface area (Å²) in [6, 6.07) is 6.68. The second-order valence-electron chi connectivity index (χ2n) is 3.64. The average molecular weight is 236 g/mol. The van der Waals surface area contributed by atoms with Gasteiger partial charge in [0.05, 0.1) is 22.4 Å². The molecule has 0 saturated heterocycles. The molecular formula is C12H13FN2S. The molecular weight excluding hydrogens is 223 g/mol. The van der Waals surface area contributed by atoms with E-state index in [1.54, 1.807) is 23.5 Å². The summed E-state index contributed by atoms with van der Waals surface area (Å²) in [4.78, 5) is 4.37. The zero-order valence-corrected chi connectivity index (χ0v) is 10.0. The Balaban J connectivity index is 2.13. The molecule has 0 bridgehead atoms. The van der Waals surface area contributed by atoms with Crippen LogP contribution in [0.15, 0.2) is 29.6 Å². The van der Waals surface area contributed by atoms with E-state index in [2.05, 4.69) is 10.3 Å². The Kier molecular flexibility index (Phi) is 3.19. The minimum Gasteiger partial charge on any atom is -0.375 e. The second-order valence-corrected chi connectivity index (χ2v) is 4.70. The van der Waals surface area contributed by atoms with E-state index in [1.165, 1.54) is 6.07 Å². The maximum atomic E-state index is 13.4. The molecule has 2 nitrogen and oxygen atoms in total. The zero-order chi connectivity index (χ0) is 11.5. The third kappa shape index (κ3) is 2.39. The second kappa shape index (κ2) is 4.61. The number of aromatic nitrogens is 1. The van der Waals surface area contributed by atoms with Crippen molar-refractivity contribution in [1.29, 1.82) is 0 Å². The Morgan fingerprint density at radius 3 is 2.75 bits per heavy atom. The first-order valence-corrected chi connectivity index (χ1v) is 5.98. The van der Waals surface area contributed by atoms with Crippen molar-refractivity contribution >= 4 is 17.0 Å². The number of nitrogens with zero attached hydrogens (tertiary/aromatic N) is 1. The predicted octanol–water partition coefficient (Wildman–Crippen LogP) is 3.76. The van der Waals surface area contributed by atoms with E-state index in [-0.39, 0.29) is 11.9 Å². The van der Waals surface area contributed by atoms with Gasteiger partial charge in [0.25, 0.3) is 0 Å². The number of thiazole rings is 1. The molecule has 2 rings (SSSR count). The lowest BCUT2D eigenvalue weighted by atomic mass is 10.2. The summed E-state index contributed by atoms with van der Waals surface area (Å²) in [6.45, 7) is 3.94. The van der Waals surface area contributed by atoms with Crippen molar-refractivity contribution in [3.8, 4) is 0 Å². The summed E-state index contributed by atoms with van der Waals surface area (Å²) in [5.74, 6) is -0.235.